The van der Waals surface area contributed by atoms with Crippen molar-refractivity contribution in [2.24, 2.45) is 0 Å². The first kappa shape index (κ1) is 17.2. The lowest BCUT2D eigenvalue weighted by Gasteiger charge is -2.27. The highest BCUT2D eigenvalue weighted by Crippen LogP contribution is 2.15. The molecule has 2 N–H and O–H groups in total. The third-order valence-electron chi connectivity index (χ3n) is 3.77. The van der Waals surface area contributed by atoms with E-state index in [1.807, 2.05) is 37.3 Å². The fourth-order valence-electron chi connectivity index (χ4n) is 1.92. The Balaban J connectivity index is 2.66. The number of benzene rings is 1. The van der Waals surface area contributed by atoms with E-state index in [1.165, 1.54) is 7.11 Å². The van der Waals surface area contributed by atoms with Crippen LogP contribution in [0.25, 0.3) is 0 Å². The molecule has 1 rings (SSSR count). The zero-order valence-electron chi connectivity index (χ0n) is 12.8. The first-order chi connectivity index (χ1) is 9.92. The predicted molar refractivity (Wildman–Crippen MR) is 80.0 cm³/mol. The monoisotopic (exact) mass is 293 g/mol. The largest absolute Gasteiger partial charge is 0.480 e. The van der Waals surface area contributed by atoms with Crippen molar-refractivity contribution in [3.63, 3.8) is 0 Å². The average Bonchev–Trinajstić information content (AvgIpc) is 2.50. The SMILES string of the molecule is CCC(C)(OC)C(=O)NC(CCc1ccccc1)C(=O)O. The highest BCUT2D eigenvalue weighted by molar-refractivity contribution is 5.88. The quantitative estimate of drug-likeness (QED) is 0.768. The lowest BCUT2D eigenvalue weighted by molar-refractivity contribution is -0.148. The van der Waals surface area contributed by atoms with Crippen molar-refractivity contribution >= 4 is 11.9 Å². The molecule has 0 aliphatic carbocycles. The standard InChI is InChI=1S/C16H23NO4/c1-4-16(2,21-3)15(20)17-13(14(18)19)11-10-12-8-6-5-7-9-12/h5-9,13H,4,10-11H2,1-3H3,(H,17,20)(H,18,19). The van der Waals surface area contributed by atoms with Crippen LogP contribution in [0.1, 0.15) is 32.3 Å². The van der Waals surface area contributed by atoms with Gasteiger partial charge >= 0.3 is 5.97 Å². The Morgan fingerprint density at radius 1 is 1.33 bits per heavy atom. The molecule has 0 bridgehead atoms. The molecule has 0 fully saturated rings. The third-order valence-corrected chi connectivity index (χ3v) is 3.77. The second-order valence-electron chi connectivity index (χ2n) is 5.18. The zero-order chi connectivity index (χ0) is 15.9. The topological polar surface area (TPSA) is 75.6 Å². The Labute approximate surface area is 125 Å². The van der Waals surface area contributed by atoms with Gasteiger partial charge in [-0.15, -0.1) is 0 Å². The van der Waals surface area contributed by atoms with Crippen LogP contribution in [0.5, 0.6) is 0 Å². The Bertz CT molecular complexity index is 468. The maximum Gasteiger partial charge on any atom is 0.326 e. The molecule has 116 valence electrons. The molecule has 21 heavy (non-hydrogen) atoms. The Morgan fingerprint density at radius 2 is 1.95 bits per heavy atom. The first-order valence-corrected chi connectivity index (χ1v) is 7.05. The van der Waals surface area contributed by atoms with Gasteiger partial charge in [0.2, 0.25) is 0 Å². The summed E-state index contributed by atoms with van der Waals surface area (Å²) in [4.78, 5) is 23.5. The second-order valence-corrected chi connectivity index (χ2v) is 5.18. The third kappa shape index (κ3) is 4.86. The van der Waals surface area contributed by atoms with Crippen LogP contribution in [0.4, 0.5) is 0 Å². The number of hydrogen-bond donors (Lipinski definition) is 2. The van der Waals surface area contributed by atoms with E-state index in [-0.39, 0.29) is 0 Å². The van der Waals surface area contributed by atoms with Gasteiger partial charge in [0, 0.05) is 7.11 Å². The van der Waals surface area contributed by atoms with Gasteiger partial charge in [-0.2, -0.15) is 0 Å². The number of nitrogens with one attached hydrogen (secondary N) is 1. The van der Waals surface area contributed by atoms with Crippen molar-refractivity contribution in [1.29, 1.82) is 0 Å². The summed E-state index contributed by atoms with van der Waals surface area (Å²) in [6.45, 7) is 3.47. The number of carbonyl (C=O) groups is 2. The van der Waals surface area contributed by atoms with E-state index in [0.717, 1.165) is 5.56 Å². The van der Waals surface area contributed by atoms with E-state index in [2.05, 4.69) is 5.32 Å². The molecule has 0 aliphatic heterocycles. The van der Waals surface area contributed by atoms with E-state index in [9.17, 15) is 14.7 Å². The molecule has 1 aromatic rings. The normalized spacial score (nSPS) is 15.0. The van der Waals surface area contributed by atoms with Gasteiger partial charge in [-0.05, 0) is 31.7 Å². The van der Waals surface area contributed by atoms with Crippen molar-refractivity contribution in [1.82, 2.24) is 5.32 Å². The van der Waals surface area contributed by atoms with Gasteiger partial charge < -0.3 is 15.2 Å². The summed E-state index contributed by atoms with van der Waals surface area (Å²) in [5, 5.41) is 11.8. The molecule has 0 radical (unpaired) electrons. The van der Waals surface area contributed by atoms with Gasteiger partial charge in [0.05, 0.1) is 0 Å². The maximum atomic E-state index is 12.2. The van der Waals surface area contributed by atoms with Crippen molar-refractivity contribution in [3.8, 4) is 0 Å². The Kier molecular flexibility index (Phi) is 6.37. The number of carboxylic acids is 1. The lowest BCUT2D eigenvalue weighted by Crippen LogP contribution is -2.51. The van der Waals surface area contributed by atoms with Crippen LogP contribution in [0.15, 0.2) is 30.3 Å². The molecule has 0 aromatic heterocycles. The minimum absolute atomic E-state index is 0.342. The molecular weight excluding hydrogens is 270 g/mol. The van der Waals surface area contributed by atoms with E-state index < -0.39 is 23.5 Å². The summed E-state index contributed by atoms with van der Waals surface area (Å²) >= 11 is 0. The second kappa shape index (κ2) is 7.78. The van der Waals surface area contributed by atoms with E-state index in [4.69, 9.17) is 4.74 Å². The highest BCUT2D eigenvalue weighted by Gasteiger charge is 2.33. The number of carboxylic acid groups (broad SMARTS) is 1. The van der Waals surface area contributed by atoms with Crippen LogP contribution < -0.4 is 5.32 Å². The number of hydrogen-bond acceptors (Lipinski definition) is 3. The molecule has 2 atom stereocenters. The average molecular weight is 293 g/mol. The van der Waals surface area contributed by atoms with Gasteiger partial charge in [-0.25, -0.2) is 4.79 Å². The van der Waals surface area contributed by atoms with Crippen molar-refractivity contribution < 1.29 is 19.4 Å². The molecule has 1 amide bonds. The number of aliphatic carboxylic acids is 1. The van der Waals surface area contributed by atoms with Crippen molar-refractivity contribution in [2.45, 2.75) is 44.8 Å². The Morgan fingerprint density at radius 3 is 2.43 bits per heavy atom. The van der Waals surface area contributed by atoms with Crippen LogP contribution in [-0.4, -0.2) is 35.7 Å². The molecule has 1 aromatic carbocycles. The number of ether oxygens (including phenoxy) is 1. The number of methoxy groups -OCH3 is 1. The van der Waals surface area contributed by atoms with E-state index in [0.29, 0.717) is 19.3 Å². The molecule has 5 nitrogen and oxygen atoms in total. The van der Waals surface area contributed by atoms with Gasteiger partial charge in [-0.3, -0.25) is 4.79 Å². The smallest absolute Gasteiger partial charge is 0.326 e. The minimum atomic E-state index is -1.03. The molecule has 0 heterocycles. The van der Waals surface area contributed by atoms with Gasteiger partial charge in [0.15, 0.2) is 0 Å². The molecular formula is C16H23NO4. The highest BCUT2D eigenvalue weighted by atomic mass is 16.5. The van der Waals surface area contributed by atoms with Gasteiger partial charge in [0.25, 0.3) is 5.91 Å². The summed E-state index contributed by atoms with van der Waals surface area (Å²) in [7, 11) is 1.45. The fourth-order valence-corrected chi connectivity index (χ4v) is 1.92. The fraction of sp³-hybridized carbons (Fsp3) is 0.500. The summed E-state index contributed by atoms with van der Waals surface area (Å²) in [5.74, 6) is -1.43. The number of aryl methyl sites for hydroxylation is 1. The molecule has 0 saturated carbocycles. The summed E-state index contributed by atoms with van der Waals surface area (Å²) in [6.07, 6.45) is 1.41. The first-order valence-electron chi connectivity index (χ1n) is 7.05. The number of carbonyl (C=O) groups excluding carboxylic acids is 1. The van der Waals surface area contributed by atoms with Crippen LogP contribution in [0.2, 0.25) is 0 Å². The van der Waals surface area contributed by atoms with Crippen molar-refractivity contribution in [3.05, 3.63) is 35.9 Å². The van der Waals surface area contributed by atoms with Crippen LogP contribution >= 0.6 is 0 Å². The summed E-state index contributed by atoms with van der Waals surface area (Å²) in [6, 6.07) is 8.67. The number of amides is 1. The van der Waals surface area contributed by atoms with Gasteiger partial charge in [-0.1, -0.05) is 37.3 Å². The van der Waals surface area contributed by atoms with Crippen LogP contribution in [0, 0.1) is 0 Å². The maximum absolute atomic E-state index is 12.2. The summed E-state index contributed by atoms with van der Waals surface area (Å²) in [5.41, 5.74) is 0.0449. The van der Waals surface area contributed by atoms with Crippen LogP contribution in [-0.2, 0) is 20.7 Å². The summed E-state index contributed by atoms with van der Waals surface area (Å²) < 4.78 is 5.19. The lowest BCUT2D eigenvalue weighted by atomic mass is 10.00. The number of rotatable bonds is 8. The minimum Gasteiger partial charge on any atom is -0.480 e. The van der Waals surface area contributed by atoms with Gasteiger partial charge in [0.1, 0.15) is 11.6 Å². The zero-order valence-corrected chi connectivity index (χ0v) is 12.8. The van der Waals surface area contributed by atoms with Crippen LogP contribution in [0.3, 0.4) is 0 Å². The molecule has 2 unspecified atom stereocenters. The van der Waals surface area contributed by atoms with E-state index in [1.54, 1.807) is 6.92 Å². The van der Waals surface area contributed by atoms with E-state index >= 15 is 0 Å². The Hall–Kier alpha value is -1.88. The predicted octanol–water partition coefficient (Wildman–Crippen LogP) is 2.00. The van der Waals surface area contributed by atoms with Crippen molar-refractivity contribution in [2.75, 3.05) is 7.11 Å². The molecule has 5 heteroatoms. The molecule has 0 spiro atoms. The molecule has 0 saturated heterocycles. The molecule has 0 aliphatic rings.